The van der Waals surface area contributed by atoms with Gasteiger partial charge >= 0.3 is 0 Å². The van der Waals surface area contributed by atoms with Gasteiger partial charge in [-0.25, -0.2) is 0 Å². The van der Waals surface area contributed by atoms with Gasteiger partial charge in [-0.2, -0.15) is 5.06 Å². The lowest BCUT2D eigenvalue weighted by molar-refractivity contribution is -0.102. The average Bonchev–Trinajstić information content (AvgIpc) is 2.30. The molecule has 0 spiro atoms. The first-order chi connectivity index (χ1) is 8.11. The molecular formula is C14H24N2O. The second-order valence-electron chi connectivity index (χ2n) is 4.68. The van der Waals surface area contributed by atoms with Gasteiger partial charge in [0.15, 0.2) is 0 Å². The van der Waals surface area contributed by atoms with E-state index in [4.69, 9.17) is 0 Å². The highest BCUT2D eigenvalue weighted by atomic mass is 16.5. The second-order valence-corrected chi connectivity index (χ2v) is 4.68. The van der Waals surface area contributed by atoms with Crippen molar-refractivity contribution in [3.05, 3.63) is 35.4 Å². The Hall–Kier alpha value is -0.900. The summed E-state index contributed by atoms with van der Waals surface area (Å²) in [4.78, 5) is 2.23. The molecule has 0 aliphatic heterocycles. The molecule has 0 aliphatic rings. The van der Waals surface area contributed by atoms with E-state index in [-0.39, 0.29) is 0 Å². The van der Waals surface area contributed by atoms with Gasteiger partial charge in [-0.1, -0.05) is 36.8 Å². The zero-order valence-corrected chi connectivity index (χ0v) is 11.2. The van der Waals surface area contributed by atoms with E-state index in [1.165, 1.54) is 10.6 Å². The standard InChI is InChI=1S/C14H24N2O/c1-4-9-15(3)10-11-16(17)12-14-7-5-13(2)6-8-14/h5-8,17H,4,9-12H2,1-3H3. The lowest BCUT2D eigenvalue weighted by Crippen LogP contribution is -2.31. The van der Waals surface area contributed by atoms with Crippen LogP contribution in [0.1, 0.15) is 24.5 Å². The van der Waals surface area contributed by atoms with Gasteiger partial charge in [-0.05, 0) is 32.5 Å². The number of hydroxylamine groups is 2. The minimum Gasteiger partial charge on any atom is -0.314 e. The van der Waals surface area contributed by atoms with Crippen LogP contribution in [0, 0.1) is 6.92 Å². The molecule has 0 atom stereocenters. The molecule has 0 bridgehead atoms. The minimum absolute atomic E-state index is 0.597. The monoisotopic (exact) mass is 236 g/mol. The normalized spacial score (nSPS) is 11.4. The van der Waals surface area contributed by atoms with Crippen LogP contribution in [0.5, 0.6) is 0 Å². The Kier molecular flexibility index (Phi) is 6.19. The maximum Gasteiger partial charge on any atom is 0.0489 e. The molecule has 0 fully saturated rings. The topological polar surface area (TPSA) is 26.7 Å². The SMILES string of the molecule is CCCN(C)CCN(O)Cc1ccc(C)cc1. The number of nitrogens with zero attached hydrogens (tertiary/aromatic N) is 2. The molecule has 0 unspecified atom stereocenters. The van der Waals surface area contributed by atoms with Crippen LogP contribution >= 0.6 is 0 Å². The molecule has 3 heteroatoms. The molecule has 0 aromatic heterocycles. The van der Waals surface area contributed by atoms with E-state index >= 15 is 0 Å². The lowest BCUT2D eigenvalue weighted by Gasteiger charge is -2.20. The van der Waals surface area contributed by atoms with Crippen LogP contribution < -0.4 is 0 Å². The molecule has 3 nitrogen and oxygen atoms in total. The molecule has 0 amide bonds. The highest BCUT2D eigenvalue weighted by Gasteiger charge is 2.04. The van der Waals surface area contributed by atoms with E-state index in [1.807, 2.05) is 0 Å². The number of hydrogen-bond donors (Lipinski definition) is 1. The maximum absolute atomic E-state index is 9.80. The summed E-state index contributed by atoms with van der Waals surface area (Å²) in [7, 11) is 2.09. The molecule has 1 N–H and O–H groups in total. The quantitative estimate of drug-likeness (QED) is 0.737. The Labute approximate surface area is 105 Å². The van der Waals surface area contributed by atoms with Crippen LogP contribution in [0.25, 0.3) is 0 Å². The summed E-state index contributed by atoms with van der Waals surface area (Å²) in [5, 5.41) is 11.2. The summed E-state index contributed by atoms with van der Waals surface area (Å²) in [6, 6.07) is 8.28. The van der Waals surface area contributed by atoms with Gasteiger partial charge in [0.2, 0.25) is 0 Å². The number of aryl methyl sites for hydroxylation is 1. The molecule has 17 heavy (non-hydrogen) atoms. The van der Waals surface area contributed by atoms with Crippen molar-refractivity contribution in [3.8, 4) is 0 Å². The van der Waals surface area contributed by atoms with E-state index < -0.39 is 0 Å². The smallest absolute Gasteiger partial charge is 0.0489 e. The van der Waals surface area contributed by atoms with E-state index in [0.717, 1.165) is 25.1 Å². The number of hydrogen-bond acceptors (Lipinski definition) is 3. The van der Waals surface area contributed by atoms with Gasteiger partial charge in [0.1, 0.15) is 0 Å². The van der Waals surface area contributed by atoms with Crippen molar-refractivity contribution in [3.63, 3.8) is 0 Å². The fraction of sp³-hybridized carbons (Fsp3) is 0.571. The van der Waals surface area contributed by atoms with Crippen molar-refractivity contribution in [2.45, 2.75) is 26.8 Å². The number of rotatable bonds is 7. The first-order valence-corrected chi connectivity index (χ1v) is 6.29. The van der Waals surface area contributed by atoms with Crippen LogP contribution in [0.2, 0.25) is 0 Å². The third-order valence-electron chi connectivity index (χ3n) is 2.83. The molecule has 0 saturated heterocycles. The third kappa shape index (κ3) is 5.82. The molecule has 1 aromatic rings. The van der Waals surface area contributed by atoms with E-state index in [0.29, 0.717) is 13.1 Å². The van der Waals surface area contributed by atoms with Gasteiger partial charge in [0.05, 0.1) is 0 Å². The summed E-state index contributed by atoms with van der Waals surface area (Å²) in [5.74, 6) is 0. The Morgan fingerprint density at radius 2 is 1.71 bits per heavy atom. The van der Waals surface area contributed by atoms with Gasteiger partial charge in [-0.15, -0.1) is 0 Å². The molecule has 0 saturated carbocycles. The predicted molar refractivity (Wildman–Crippen MR) is 71.2 cm³/mol. The Balaban J connectivity index is 2.29. The van der Waals surface area contributed by atoms with Gasteiger partial charge in [0.25, 0.3) is 0 Å². The maximum atomic E-state index is 9.80. The Morgan fingerprint density at radius 3 is 2.29 bits per heavy atom. The summed E-state index contributed by atoms with van der Waals surface area (Å²) < 4.78 is 0. The number of likely N-dealkylation sites (N-methyl/N-ethyl adjacent to an activating group) is 1. The third-order valence-corrected chi connectivity index (χ3v) is 2.83. The summed E-state index contributed by atoms with van der Waals surface area (Å²) in [6.45, 7) is 7.50. The van der Waals surface area contributed by atoms with Crippen molar-refractivity contribution < 1.29 is 5.21 Å². The van der Waals surface area contributed by atoms with Crippen LogP contribution in [0.4, 0.5) is 0 Å². The molecule has 0 radical (unpaired) electrons. The second kappa shape index (κ2) is 7.43. The molecule has 0 heterocycles. The minimum atomic E-state index is 0.597. The number of benzene rings is 1. The van der Waals surface area contributed by atoms with Crippen LogP contribution in [0.15, 0.2) is 24.3 Å². The molecule has 96 valence electrons. The Bertz CT molecular complexity index is 311. The Morgan fingerprint density at radius 1 is 1.06 bits per heavy atom. The van der Waals surface area contributed by atoms with Crippen molar-refractivity contribution in [1.82, 2.24) is 9.96 Å². The van der Waals surface area contributed by atoms with Gasteiger partial charge in [0, 0.05) is 19.6 Å². The average molecular weight is 236 g/mol. The van der Waals surface area contributed by atoms with Crippen LogP contribution in [-0.2, 0) is 6.54 Å². The molecule has 1 aromatic carbocycles. The largest absolute Gasteiger partial charge is 0.314 e. The molecule has 0 aliphatic carbocycles. The highest BCUT2D eigenvalue weighted by Crippen LogP contribution is 2.05. The van der Waals surface area contributed by atoms with Crippen molar-refractivity contribution >= 4 is 0 Å². The fourth-order valence-electron chi connectivity index (χ4n) is 1.76. The first-order valence-electron chi connectivity index (χ1n) is 6.29. The zero-order chi connectivity index (χ0) is 12.7. The molecular weight excluding hydrogens is 212 g/mol. The van der Waals surface area contributed by atoms with E-state index in [1.54, 1.807) is 0 Å². The van der Waals surface area contributed by atoms with Crippen molar-refractivity contribution in [1.29, 1.82) is 0 Å². The summed E-state index contributed by atoms with van der Waals surface area (Å²) in [5.41, 5.74) is 2.40. The summed E-state index contributed by atoms with van der Waals surface area (Å²) >= 11 is 0. The van der Waals surface area contributed by atoms with Crippen LogP contribution in [0.3, 0.4) is 0 Å². The van der Waals surface area contributed by atoms with Crippen molar-refractivity contribution in [2.24, 2.45) is 0 Å². The highest BCUT2D eigenvalue weighted by molar-refractivity contribution is 5.20. The van der Waals surface area contributed by atoms with Crippen molar-refractivity contribution in [2.75, 3.05) is 26.7 Å². The van der Waals surface area contributed by atoms with Gasteiger partial charge in [-0.3, -0.25) is 0 Å². The predicted octanol–water partition coefficient (Wildman–Crippen LogP) is 2.53. The fourth-order valence-corrected chi connectivity index (χ4v) is 1.76. The lowest BCUT2D eigenvalue weighted by atomic mass is 10.1. The summed E-state index contributed by atoms with van der Waals surface area (Å²) in [6.07, 6.45) is 1.15. The van der Waals surface area contributed by atoms with Crippen LogP contribution in [-0.4, -0.2) is 41.9 Å². The zero-order valence-electron chi connectivity index (χ0n) is 11.2. The van der Waals surface area contributed by atoms with E-state index in [2.05, 4.69) is 50.1 Å². The van der Waals surface area contributed by atoms with E-state index in [9.17, 15) is 5.21 Å². The van der Waals surface area contributed by atoms with Gasteiger partial charge < -0.3 is 10.1 Å². The first kappa shape index (κ1) is 14.2. The molecule has 1 rings (SSSR count).